The molecule has 1 unspecified atom stereocenters. The molecule has 192 valence electrons. The number of rotatable bonds is 8. The fourth-order valence-corrected chi connectivity index (χ4v) is 5.08. The van der Waals surface area contributed by atoms with Crippen molar-refractivity contribution in [2.45, 2.75) is 51.7 Å². The summed E-state index contributed by atoms with van der Waals surface area (Å²) in [6.45, 7) is 6.34. The van der Waals surface area contributed by atoms with E-state index in [0.29, 0.717) is 22.7 Å². The Balaban J connectivity index is 1.56. The molecule has 1 fully saturated rings. The van der Waals surface area contributed by atoms with E-state index < -0.39 is 12.2 Å². The van der Waals surface area contributed by atoms with E-state index in [0.717, 1.165) is 56.2 Å². The van der Waals surface area contributed by atoms with Crippen LogP contribution >= 0.6 is 0 Å². The lowest BCUT2D eigenvalue weighted by Crippen LogP contribution is -2.43. The van der Waals surface area contributed by atoms with Gasteiger partial charge in [0.25, 0.3) is 0 Å². The molecule has 4 rings (SSSR count). The zero-order chi connectivity index (χ0) is 26.0. The molecule has 0 aliphatic carbocycles. The predicted molar refractivity (Wildman–Crippen MR) is 140 cm³/mol. The van der Waals surface area contributed by atoms with Gasteiger partial charge in [-0.3, -0.25) is 9.69 Å². The second kappa shape index (κ2) is 10.5. The number of nitrogens with zero attached hydrogens (tertiary/aromatic N) is 3. The third kappa shape index (κ3) is 5.11. The van der Waals surface area contributed by atoms with Crippen LogP contribution in [0.4, 0.5) is 10.5 Å². The van der Waals surface area contributed by atoms with Crippen LogP contribution in [0.1, 0.15) is 56.3 Å². The molecule has 9 nitrogen and oxygen atoms in total. The molecule has 9 heteroatoms. The molecule has 2 heterocycles. The number of aromatic hydroxyl groups is 2. The average molecular weight is 494 g/mol. The first kappa shape index (κ1) is 25.4. The molecular formula is C27H35N5O4. The minimum Gasteiger partial charge on any atom is -0.508 e. The first-order valence-electron chi connectivity index (χ1n) is 12.4. The zero-order valence-electron chi connectivity index (χ0n) is 20.8. The Morgan fingerprint density at radius 1 is 1.11 bits per heavy atom. The van der Waals surface area contributed by atoms with Gasteiger partial charge in [-0.05, 0) is 67.0 Å². The van der Waals surface area contributed by atoms with Gasteiger partial charge in [-0.2, -0.15) is 0 Å². The summed E-state index contributed by atoms with van der Waals surface area (Å²) in [6, 6.07) is 9.71. The number of urea groups is 1. The third-order valence-corrected chi connectivity index (χ3v) is 7.24. The van der Waals surface area contributed by atoms with Crippen molar-refractivity contribution in [1.29, 1.82) is 0 Å². The van der Waals surface area contributed by atoms with E-state index in [-0.39, 0.29) is 17.4 Å². The maximum absolute atomic E-state index is 12.5. The second-order valence-corrected chi connectivity index (χ2v) is 9.90. The maximum atomic E-state index is 12.5. The number of hydrogen-bond acceptors (Lipinski definition) is 5. The summed E-state index contributed by atoms with van der Waals surface area (Å²) in [7, 11) is 0. The highest BCUT2D eigenvalue weighted by molar-refractivity contribution is 5.95. The smallest absolute Gasteiger partial charge is 0.320 e. The largest absolute Gasteiger partial charge is 0.508 e. The monoisotopic (exact) mass is 493 g/mol. The predicted octanol–water partition coefficient (Wildman–Crippen LogP) is 3.98. The van der Waals surface area contributed by atoms with E-state index >= 15 is 0 Å². The lowest BCUT2D eigenvalue weighted by molar-refractivity contribution is -0.119. The summed E-state index contributed by atoms with van der Waals surface area (Å²) in [6.07, 6.45) is 5.00. The summed E-state index contributed by atoms with van der Waals surface area (Å²) in [5.41, 5.74) is 14.6. The molecule has 0 radical (unpaired) electrons. The fourth-order valence-electron chi connectivity index (χ4n) is 5.08. The number of phenolic OH excluding ortho intramolecular Hbond substituents is 2. The molecule has 6 N–H and O–H groups in total. The van der Waals surface area contributed by atoms with Gasteiger partial charge in [0.15, 0.2) is 0 Å². The van der Waals surface area contributed by atoms with Crippen LogP contribution in [0.5, 0.6) is 11.5 Å². The number of aryl methyl sites for hydroxylation is 1. The fraction of sp³-hybridized carbons (Fsp3) is 0.407. The van der Waals surface area contributed by atoms with E-state index in [9.17, 15) is 19.8 Å². The van der Waals surface area contributed by atoms with Crippen LogP contribution in [0, 0.1) is 5.92 Å². The number of phenols is 2. The van der Waals surface area contributed by atoms with Crippen LogP contribution < -0.4 is 16.4 Å². The number of anilines is 1. The van der Waals surface area contributed by atoms with E-state index in [1.54, 1.807) is 12.1 Å². The molecule has 0 bridgehead atoms. The van der Waals surface area contributed by atoms with Crippen molar-refractivity contribution in [2.75, 3.05) is 18.0 Å². The zero-order valence-corrected chi connectivity index (χ0v) is 20.8. The molecule has 1 aromatic heterocycles. The Kier molecular flexibility index (Phi) is 7.40. The maximum Gasteiger partial charge on any atom is 0.320 e. The van der Waals surface area contributed by atoms with Gasteiger partial charge in [-0.1, -0.05) is 13.8 Å². The molecule has 1 aliphatic heterocycles. The number of carbonyl (C=O) groups is 2. The molecule has 1 aliphatic rings. The summed E-state index contributed by atoms with van der Waals surface area (Å²) < 4.78 is 2.19. The molecule has 1 saturated heterocycles. The molecule has 36 heavy (non-hydrogen) atoms. The van der Waals surface area contributed by atoms with E-state index in [2.05, 4.69) is 4.57 Å². The van der Waals surface area contributed by atoms with Crippen LogP contribution in [-0.4, -0.2) is 45.2 Å². The quantitative estimate of drug-likeness (QED) is 0.278. The number of aromatic nitrogens is 1. The van der Waals surface area contributed by atoms with Crippen molar-refractivity contribution in [3.63, 3.8) is 0 Å². The lowest BCUT2D eigenvalue weighted by atomic mass is 9.94. The van der Waals surface area contributed by atoms with Gasteiger partial charge in [0, 0.05) is 54.1 Å². The Bertz CT molecular complexity index is 1250. The first-order chi connectivity index (χ1) is 17.2. The lowest BCUT2D eigenvalue weighted by Gasteiger charge is -2.29. The van der Waals surface area contributed by atoms with Crippen molar-refractivity contribution in [1.82, 2.24) is 9.47 Å². The van der Waals surface area contributed by atoms with Crippen LogP contribution in [0.15, 0.2) is 42.6 Å². The normalized spacial score (nSPS) is 15.4. The standard InChI is InChI=1S/C27H35N5O4/c1-17(2)21-14-22(25(35)15-24(21)34)26(28)32(27(29)36)20-3-4-23-19(13-20)8-12-31(23)11-7-18-5-9-30(16-33)10-6-18/h3-4,8,12-18,26,34-35H,5-7,9-11,28H2,1-2H3,(H2,29,36). The van der Waals surface area contributed by atoms with Crippen molar-refractivity contribution >= 4 is 29.0 Å². The number of hydrogen-bond donors (Lipinski definition) is 4. The average Bonchev–Trinajstić information content (AvgIpc) is 3.25. The molecule has 3 aromatic rings. The molecule has 1 atom stereocenters. The number of primary amides is 1. The van der Waals surface area contributed by atoms with Gasteiger partial charge in [0.05, 0.1) is 0 Å². The Morgan fingerprint density at radius 3 is 2.44 bits per heavy atom. The minimum atomic E-state index is -1.04. The van der Waals surface area contributed by atoms with Crippen molar-refractivity contribution in [3.05, 3.63) is 53.7 Å². The highest BCUT2D eigenvalue weighted by atomic mass is 16.3. The molecule has 3 amide bonds. The van der Waals surface area contributed by atoms with Crippen LogP contribution in [0.3, 0.4) is 0 Å². The Morgan fingerprint density at radius 2 is 1.81 bits per heavy atom. The molecule has 0 spiro atoms. The van der Waals surface area contributed by atoms with Crippen LogP contribution in [0.2, 0.25) is 0 Å². The van der Waals surface area contributed by atoms with Gasteiger partial charge in [0.2, 0.25) is 6.41 Å². The van der Waals surface area contributed by atoms with Crippen molar-refractivity contribution in [2.24, 2.45) is 17.4 Å². The van der Waals surface area contributed by atoms with Crippen LogP contribution in [-0.2, 0) is 11.3 Å². The van der Waals surface area contributed by atoms with Gasteiger partial charge >= 0.3 is 6.03 Å². The van der Waals surface area contributed by atoms with Gasteiger partial charge in [0.1, 0.15) is 17.7 Å². The van der Waals surface area contributed by atoms with Gasteiger partial charge in [-0.25, -0.2) is 4.79 Å². The number of amides is 3. The van der Waals surface area contributed by atoms with Gasteiger partial charge in [-0.15, -0.1) is 0 Å². The summed E-state index contributed by atoms with van der Waals surface area (Å²) in [4.78, 5) is 26.5. The topological polar surface area (TPSA) is 138 Å². The van der Waals surface area contributed by atoms with E-state index in [1.165, 1.54) is 11.0 Å². The molecule has 0 saturated carbocycles. The molecule has 2 aromatic carbocycles. The van der Waals surface area contributed by atoms with E-state index in [4.69, 9.17) is 11.5 Å². The Labute approximate surface area is 210 Å². The number of piperidine rings is 1. The number of benzene rings is 2. The number of nitrogens with two attached hydrogens (primary N) is 2. The van der Waals surface area contributed by atoms with Gasteiger partial charge < -0.3 is 31.1 Å². The Hall–Kier alpha value is -3.72. The number of carbonyl (C=O) groups excluding carboxylic acids is 2. The number of fused-ring (bicyclic) bond motifs is 1. The highest BCUT2D eigenvalue weighted by Crippen LogP contribution is 2.37. The van der Waals surface area contributed by atoms with Crippen LogP contribution in [0.25, 0.3) is 10.9 Å². The number of likely N-dealkylation sites (tertiary alicyclic amines) is 1. The van der Waals surface area contributed by atoms with E-state index in [1.807, 2.05) is 43.1 Å². The minimum absolute atomic E-state index is 0.00717. The summed E-state index contributed by atoms with van der Waals surface area (Å²) >= 11 is 0. The van der Waals surface area contributed by atoms with Crippen molar-refractivity contribution in [3.8, 4) is 11.5 Å². The van der Waals surface area contributed by atoms with Crippen molar-refractivity contribution < 1.29 is 19.8 Å². The molecular weight excluding hydrogens is 458 g/mol. The second-order valence-electron chi connectivity index (χ2n) is 9.90. The third-order valence-electron chi connectivity index (χ3n) is 7.24. The SMILES string of the molecule is CC(C)c1cc(C(N)N(C(N)=O)c2ccc3c(ccn3CCC3CCN(C=O)CC3)c2)c(O)cc1O. The summed E-state index contributed by atoms with van der Waals surface area (Å²) in [5, 5.41) is 21.6. The highest BCUT2D eigenvalue weighted by Gasteiger charge is 2.26. The summed E-state index contributed by atoms with van der Waals surface area (Å²) in [5.74, 6) is 0.352. The first-order valence-corrected chi connectivity index (χ1v) is 12.4.